The Kier molecular flexibility index (Phi) is 12.3. The number of rotatable bonds is 15. The van der Waals surface area contributed by atoms with Crippen LogP contribution in [0.25, 0.3) is 0 Å². The minimum absolute atomic E-state index is 0.0507. The van der Waals surface area contributed by atoms with Gasteiger partial charge in [0.25, 0.3) is 0 Å². The molecule has 2 aliphatic rings. The van der Waals surface area contributed by atoms with Crippen LogP contribution in [0.3, 0.4) is 0 Å². The lowest BCUT2D eigenvalue weighted by atomic mass is 9.87. The van der Waals surface area contributed by atoms with E-state index >= 15 is 0 Å². The number of amides is 2. The normalized spacial score (nSPS) is 23.4. The second kappa shape index (κ2) is 15.9. The number of hydrogen-bond acceptors (Lipinski definition) is 9. The molecule has 1 saturated heterocycles. The second-order valence-corrected chi connectivity index (χ2v) is 12.2. The maximum absolute atomic E-state index is 14.0. The van der Waals surface area contributed by atoms with Crippen LogP contribution in [0.1, 0.15) is 37.8 Å². The van der Waals surface area contributed by atoms with Crippen molar-refractivity contribution in [2.45, 2.75) is 63.8 Å². The van der Waals surface area contributed by atoms with Crippen LogP contribution in [0, 0.1) is 11.8 Å². The van der Waals surface area contributed by atoms with Crippen LogP contribution < -0.4 is 0 Å². The molecule has 2 aromatic carbocycles. The smallest absolute Gasteiger partial charge is 0.416 e. The number of aliphatic hydroxyl groups excluding tert-OH is 1. The zero-order chi connectivity index (χ0) is 31.7. The Hall–Kier alpha value is -2.93. The van der Waals surface area contributed by atoms with Gasteiger partial charge in [0, 0.05) is 13.0 Å². The van der Waals surface area contributed by atoms with E-state index in [4.69, 9.17) is 18.9 Å². The van der Waals surface area contributed by atoms with Gasteiger partial charge < -0.3 is 29.2 Å². The van der Waals surface area contributed by atoms with Crippen LogP contribution in [0.2, 0.25) is 0 Å². The van der Waals surface area contributed by atoms with Crippen molar-refractivity contribution in [1.29, 1.82) is 0 Å². The third-order valence-corrected chi connectivity index (χ3v) is 8.63. The van der Waals surface area contributed by atoms with Crippen molar-refractivity contribution in [2.24, 2.45) is 11.8 Å². The molecule has 0 bridgehead atoms. The van der Waals surface area contributed by atoms with Gasteiger partial charge in [-0.2, -0.15) is 0 Å². The highest BCUT2D eigenvalue weighted by atomic mass is 79.9. The van der Waals surface area contributed by atoms with Gasteiger partial charge >= 0.3 is 6.09 Å². The maximum atomic E-state index is 14.0. The first-order valence-corrected chi connectivity index (χ1v) is 15.6. The quantitative estimate of drug-likeness (QED) is 0.268. The van der Waals surface area contributed by atoms with Gasteiger partial charge in [-0.25, -0.2) is 9.69 Å². The third-order valence-electron chi connectivity index (χ3n) is 7.78. The summed E-state index contributed by atoms with van der Waals surface area (Å²) in [5.74, 6) is -4.15. The number of imide groups is 1. The van der Waals surface area contributed by atoms with E-state index in [-0.39, 0.29) is 49.7 Å². The predicted octanol–water partition coefficient (Wildman–Crippen LogP) is 4.16. The zero-order valence-electron chi connectivity index (χ0n) is 25.0. The number of ether oxygens (including phenoxy) is 4. The van der Waals surface area contributed by atoms with Crippen LogP contribution >= 0.6 is 15.9 Å². The van der Waals surface area contributed by atoms with Gasteiger partial charge in [0.15, 0.2) is 11.6 Å². The lowest BCUT2D eigenvalue weighted by molar-refractivity contribution is -0.219. The zero-order valence-corrected chi connectivity index (χ0v) is 26.6. The molecule has 44 heavy (non-hydrogen) atoms. The largest absolute Gasteiger partial charge is 0.447 e. The van der Waals surface area contributed by atoms with Crippen LogP contribution in [0.5, 0.6) is 0 Å². The molecule has 0 unspecified atom stereocenters. The Labute approximate surface area is 266 Å². The van der Waals surface area contributed by atoms with Gasteiger partial charge in [-0.15, -0.1) is 0 Å². The first kappa shape index (κ1) is 34.0. The maximum Gasteiger partial charge on any atom is 0.416 e. The average Bonchev–Trinajstić information content (AvgIpc) is 3.41. The van der Waals surface area contributed by atoms with Crippen LogP contribution in [0.4, 0.5) is 4.79 Å². The predicted molar refractivity (Wildman–Crippen MR) is 164 cm³/mol. The summed E-state index contributed by atoms with van der Waals surface area (Å²) in [6, 6.07) is 18.3. The van der Waals surface area contributed by atoms with Crippen LogP contribution in [-0.2, 0) is 41.6 Å². The molecule has 0 radical (unpaired) electrons. The summed E-state index contributed by atoms with van der Waals surface area (Å²) in [7, 11) is 0. The highest BCUT2D eigenvalue weighted by molar-refractivity contribution is 9.11. The Balaban J connectivity index is 1.41. The second-order valence-electron chi connectivity index (χ2n) is 11.4. The Morgan fingerprint density at radius 2 is 1.75 bits per heavy atom. The number of hydrogen-bond donors (Lipinski definition) is 2. The van der Waals surface area contributed by atoms with E-state index in [0.717, 1.165) is 16.0 Å². The van der Waals surface area contributed by atoms with E-state index in [1.807, 2.05) is 74.5 Å². The molecular weight excluding hydrogens is 634 g/mol. The number of benzene rings is 2. The van der Waals surface area contributed by atoms with Crippen molar-refractivity contribution in [2.75, 3.05) is 26.4 Å². The number of halogens is 1. The standard InChI is InChI=1S/C33H40BrNO9/c1-22(2)27-21-43-32(39)35(27)31(38)26(16-23-10-5-3-6-11-23)30-28(37)17-29(34)33(40,44-30)14-9-15-41-20-25(18-36)42-19-24-12-7-4-8-13-24/h3-8,10-13,17,22,25-27,30,36,40H,9,14-16,18-21H2,1-2H3/t25-,26-,27+,30-,33+/m1/s1. The van der Waals surface area contributed by atoms with Gasteiger partial charge in [0.05, 0.1) is 36.3 Å². The highest BCUT2D eigenvalue weighted by Gasteiger charge is 2.50. The van der Waals surface area contributed by atoms with Gasteiger partial charge in [-0.1, -0.05) is 74.5 Å². The first-order chi connectivity index (χ1) is 21.1. The SMILES string of the molecule is CC(C)[C@@H]1COC(=O)N1C(=O)[C@H](Cc1ccccc1)[C@H]1O[C@@](O)(CCCOC[C@@H](CO)OCc2ccccc2)C(Br)=CC1=O. The van der Waals surface area contributed by atoms with E-state index in [0.29, 0.717) is 13.0 Å². The van der Waals surface area contributed by atoms with Gasteiger partial charge in [-0.3, -0.25) is 9.59 Å². The first-order valence-electron chi connectivity index (χ1n) is 14.8. The third kappa shape index (κ3) is 8.62. The van der Waals surface area contributed by atoms with Crippen molar-refractivity contribution in [3.8, 4) is 0 Å². The fourth-order valence-electron chi connectivity index (χ4n) is 5.22. The molecule has 2 aliphatic heterocycles. The molecule has 2 aromatic rings. The molecule has 1 fully saturated rings. The summed E-state index contributed by atoms with van der Waals surface area (Å²) >= 11 is 3.28. The molecule has 0 spiro atoms. The Morgan fingerprint density at radius 3 is 2.39 bits per heavy atom. The Bertz CT molecular complexity index is 1290. The molecule has 2 amide bonds. The fourth-order valence-corrected chi connectivity index (χ4v) is 5.74. The summed E-state index contributed by atoms with van der Waals surface area (Å²) in [5.41, 5.74) is 1.75. The van der Waals surface area contributed by atoms with Gasteiger partial charge in [-0.05, 0) is 51.9 Å². The summed E-state index contributed by atoms with van der Waals surface area (Å²) < 4.78 is 22.8. The van der Waals surface area contributed by atoms with Crippen LogP contribution in [0.15, 0.2) is 71.2 Å². The van der Waals surface area contributed by atoms with Crippen molar-refractivity contribution < 1.29 is 43.5 Å². The lowest BCUT2D eigenvalue weighted by Crippen LogP contribution is -2.54. The van der Waals surface area contributed by atoms with Gasteiger partial charge in [0.1, 0.15) is 18.8 Å². The molecular formula is C33H40BrNO9. The van der Waals surface area contributed by atoms with Gasteiger partial charge in [0.2, 0.25) is 5.91 Å². The molecule has 0 saturated carbocycles. The van der Waals surface area contributed by atoms with Crippen molar-refractivity contribution in [3.63, 3.8) is 0 Å². The molecule has 0 aromatic heterocycles. The number of cyclic esters (lactones) is 1. The molecule has 11 heteroatoms. The van der Waals surface area contributed by atoms with Crippen molar-refractivity contribution in [3.05, 3.63) is 82.3 Å². The molecule has 238 valence electrons. The lowest BCUT2D eigenvalue weighted by Gasteiger charge is -2.39. The summed E-state index contributed by atoms with van der Waals surface area (Å²) in [6.07, 6.45) is -0.885. The minimum Gasteiger partial charge on any atom is -0.447 e. The summed E-state index contributed by atoms with van der Waals surface area (Å²) in [4.78, 5) is 41.0. The molecule has 2 N–H and O–H groups in total. The van der Waals surface area contributed by atoms with Crippen LogP contribution in [-0.4, -0.2) is 83.4 Å². The Morgan fingerprint density at radius 1 is 1.09 bits per heavy atom. The summed E-state index contributed by atoms with van der Waals surface area (Å²) in [6.45, 7) is 4.35. The number of aliphatic hydroxyl groups is 2. The molecule has 0 aliphatic carbocycles. The van der Waals surface area contributed by atoms with E-state index in [2.05, 4.69) is 15.9 Å². The van der Waals surface area contributed by atoms with E-state index in [9.17, 15) is 24.6 Å². The minimum atomic E-state index is -1.90. The van der Waals surface area contributed by atoms with Crippen molar-refractivity contribution in [1.82, 2.24) is 4.90 Å². The molecule has 5 atom stereocenters. The number of carbonyl (C=O) groups is 3. The molecule has 10 nitrogen and oxygen atoms in total. The van der Waals surface area contributed by atoms with E-state index in [1.54, 1.807) is 0 Å². The topological polar surface area (TPSA) is 132 Å². The van der Waals surface area contributed by atoms with Crippen molar-refractivity contribution >= 4 is 33.7 Å². The molecule has 4 rings (SSSR count). The monoisotopic (exact) mass is 673 g/mol. The summed E-state index contributed by atoms with van der Waals surface area (Å²) in [5, 5.41) is 21.2. The molecule has 2 heterocycles. The van der Waals surface area contributed by atoms with E-state index in [1.165, 1.54) is 6.08 Å². The number of carbonyl (C=O) groups excluding carboxylic acids is 3. The highest BCUT2D eigenvalue weighted by Crippen LogP contribution is 2.38. The number of nitrogens with zero attached hydrogens (tertiary/aromatic N) is 1. The number of ketones is 1. The fraction of sp³-hybridized carbons (Fsp3) is 0.485. The average molecular weight is 675 g/mol. The van der Waals surface area contributed by atoms with E-state index < -0.39 is 47.7 Å².